The second kappa shape index (κ2) is 11.5. The number of nitrogens with two attached hydrogens (primary N) is 1. The summed E-state index contributed by atoms with van der Waals surface area (Å²) in [5, 5.41) is 11.0. The largest absolute Gasteiger partial charge is 0.497 e. The van der Waals surface area contributed by atoms with Crippen LogP contribution in [-0.4, -0.2) is 43.5 Å². The number of rotatable bonds is 6. The van der Waals surface area contributed by atoms with Crippen LogP contribution in [0.4, 0.5) is 4.79 Å². The molecule has 1 aliphatic rings. The smallest absolute Gasteiger partial charge is 0.408 e. The number of nitrogens with one attached hydrogen (secondary N) is 1. The fourth-order valence-corrected chi connectivity index (χ4v) is 2.85. The lowest BCUT2D eigenvalue weighted by molar-refractivity contribution is -0.139. The molecule has 0 heterocycles. The molecule has 1 aliphatic carbocycles. The molecule has 1 saturated carbocycles. The molecule has 0 aliphatic heterocycles. The molecule has 8 heteroatoms. The zero-order valence-corrected chi connectivity index (χ0v) is 18.0. The van der Waals surface area contributed by atoms with Gasteiger partial charge in [0.1, 0.15) is 23.1 Å². The Balaban J connectivity index is 0.000000502. The van der Waals surface area contributed by atoms with Crippen LogP contribution in [0.2, 0.25) is 0 Å². The van der Waals surface area contributed by atoms with E-state index in [9.17, 15) is 9.59 Å². The summed E-state index contributed by atoms with van der Waals surface area (Å²) in [5.74, 6) is -0.0199. The Labute approximate surface area is 172 Å². The number of carbonyl (C=O) groups excluding carboxylic acids is 1. The number of hydrogen-bond acceptors (Lipinski definition) is 6. The number of aliphatic carboxylic acids is 1. The van der Waals surface area contributed by atoms with Crippen molar-refractivity contribution in [3.63, 3.8) is 0 Å². The van der Waals surface area contributed by atoms with E-state index in [0.717, 1.165) is 0 Å². The van der Waals surface area contributed by atoms with Gasteiger partial charge in [0.05, 0.1) is 14.2 Å². The lowest BCUT2D eigenvalue weighted by Crippen LogP contribution is -2.41. The van der Waals surface area contributed by atoms with Gasteiger partial charge in [-0.2, -0.15) is 0 Å². The molecule has 1 aromatic rings. The lowest BCUT2D eigenvalue weighted by atomic mass is 9.97. The van der Waals surface area contributed by atoms with Crippen LogP contribution in [0.3, 0.4) is 0 Å². The number of carbonyl (C=O) groups is 2. The van der Waals surface area contributed by atoms with Crippen molar-refractivity contribution in [3.8, 4) is 11.5 Å². The van der Waals surface area contributed by atoms with Gasteiger partial charge in [0, 0.05) is 17.7 Å². The minimum atomic E-state index is -1.14. The van der Waals surface area contributed by atoms with E-state index in [1.165, 1.54) is 53.2 Å². The first-order valence-electron chi connectivity index (χ1n) is 9.80. The van der Waals surface area contributed by atoms with E-state index < -0.39 is 23.7 Å². The molecule has 1 fully saturated rings. The van der Waals surface area contributed by atoms with Crippen LogP contribution in [0.1, 0.15) is 58.4 Å². The molecule has 1 aromatic carbocycles. The lowest BCUT2D eigenvalue weighted by Gasteiger charge is -2.27. The van der Waals surface area contributed by atoms with Gasteiger partial charge in [-0.1, -0.05) is 19.3 Å². The summed E-state index contributed by atoms with van der Waals surface area (Å²) in [5.41, 5.74) is 5.29. The summed E-state index contributed by atoms with van der Waals surface area (Å²) < 4.78 is 15.7. The maximum atomic E-state index is 11.8. The highest BCUT2D eigenvalue weighted by molar-refractivity contribution is 5.79. The van der Waals surface area contributed by atoms with Crippen LogP contribution in [0.15, 0.2) is 18.2 Å². The molecule has 0 radical (unpaired) electrons. The average molecular weight is 411 g/mol. The van der Waals surface area contributed by atoms with Gasteiger partial charge in [-0.15, -0.1) is 0 Å². The van der Waals surface area contributed by atoms with Crippen LogP contribution >= 0.6 is 0 Å². The molecule has 0 saturated heterocycles. The fourth-order valence-electron chi connectivity index (χ4n) is 2.85. The molecule has 1 amide bonds. The Morgan fingerprint density at radius 2 is 1.62 bits per heavy atom. The SMILES string of the molecule is COc1cc(OC)cc(C(C)(C)OC(=O)N[C@@H](C)C(=O)O)c1.NC1CCCCC1. The van der Waals surface area contributed by atoms with E-state index in [4.69, 9.17) is 25.1 Å². The van der Waals surface area contributed by atoms with Crippen LogP contribution in [0, 0.1) is 0 Å². The monoisotopic (exact) mass is 410 g/mol. The van der Waals surface area contributed by atoms with Gasteiger partial charge in [0.2, 0.25) is 0 Å². The third-order valence-corrected chi connectivity index (χ3v) is 4.75. The van der Waals surface area contributed by atoms with Crippen LogP contribution in [0.25, 0.3) is 0 Å². The highest BCUT2D eigenvalue weighted by Crippen LogP contribution is 2.32. The summed E-state index contributed by atoms with van der Waals surface area (Å²) in [4.78, 5) is 22.5. The summed E-state index contributed by atoms with van der Waals surface area (Å²) >= 11 is 0. The number of carboxylic acid groups (broad SMARTS) is 1. The third-order valence-electron chi connectivity index (χ3n) is 4.75. The molecule has 0 bridgehead atoms. The predicted octanol–water partition coefficient (Wildman–Crippen LogP) is 3.42. The highest BCUT2D eigenvalue weighted by Gasteiger charge is 2.28. The van der Waals surface area contributed by atoms with E-state index >= 15 is 0 Å². The van der Waals surface area contributed by atoms with Crippen LogP contribution < -0.4 is 20.5 Å². The van der Waals surface area contributed by atoms with Gasteiger partial charge >= 0.3 is 12.1 Å². The van der Waals surface area contributed by atoms with E-state index in [1.54, 1.807) is 32.0 Å². The zero-order chi connectivity index (χ0) is 22.0. The molecule has 2 rings (SSSR count). The minimum absolute atomic E-state index is 0.536. The van der Waals surface area contributed by atoms with Crippen molar-refractivity contribution in [3.05, 3.63) is 23.8 Å². The van der Waals surface area contributed by atoms with Gasteiger partial charge in [-0.05, 0) is 45.7 Å². The normalized spacial score (nSPS) is 15.4. The molecule has 0 spiro atoms. The minimum Gasteiger partial charge on any atom is -0.497 e. The van der Waals surface area contributed by atoms with Gasteiger partial charge < -0.3 is 30.4 Å². The summed E-state index contributed by atoms with van der Waals surface area (Å²) in [6.07, 6.45) is 5.84. The molecule has 1 atom stereocenters. The van der Waals surface area contributed by atoms with Gasteiger partial charge in [-0.3, -0.25) is 4.79 Å². The molecule has 0 aromatic heterocycles. The number of carboxylic acids is 1. The van der Waals surface area contributed by atoms with Crippen LogP contribution in [0.5, 0.6) is 11.5 Å². The summed E-state index contributed by atoms with van der Waals surface area (Å²) in [6.45, 7) is 4.73. The molecular weight excluding hydrogens is 376 g/mol. The van der Waals surface area contributed by atoms with Crippen molar-refractivity contribution in [1.82, 2.24) is 5.32 Å². The van der Waals surface area contributed by atoms with Gasteiger partial charge in [0.15, 0.2) is 0 Å². The first-order valence-corrected chi connectivity index (χ1v) is 9.80. The van der Waals surface area contributed by atoms with Crippen molar-refractivity contribution in [2.45, 2.75) is 70.6 Å². The maximum absolute atomic E-state index is 11.8. The zero-order valence-electron chi connectivity index (χ0n) is 18.0. The third kappa shape index (κ3) is 8.60. The maximum Gasteiger partial charge on any atom is 0.408 e. The van der Waals surface area contributed by atoms with Gasteiger partial charge in [-0.25, -0.2) is 4.79 Å². The van der Waals surface area contributed by atoms with Crippen molar-refractivity contribution in [2.75, 3.05) is 14.2 Å². The number of alkyl carbamates (subject to hydrolysis) is 1. The average Bonchev–Trinajstić information content (AvgIpc) is 2.68. The number of methoxy groups -OCH3 is 2. The van der Waals surface area contributed by atoms with Crippen LogP contribution in [-0.2, 0) is 15.1 Å². The molecule has 4 N–H and O–H groups in total. The van der Waals surface area contributed by atoms with E-state index in [0.29, 0.717) is 23.1 Å². The number of amides is 1. The first kappa shape index (κ1) is 24.6. The second-order valence-electron chi connectivity index (χ2n) is 7.60. The van der Waals surface area contributed by atoms with Crippen molar-refractivity contribution in [2.24, 2.45) is 5.73 Å². The molecule has 29 heavy (non-hydrogen) atoms. The van der Waals surface area contributed by atoms with Crippen molar-refractivity contribution < 1.29 is 28.9 Å². The Morgan fingerprint density at radius 1 is 1.10 bits per heavy atom. The number of hydrogen-bond donors (Lipinski definition) is 3. The number of ether oxygens (including phenoxy) is 3. The second-order valence-corrected chi connectivity index (χ2v) is 7.60. The summed E-state index contributed by atoms with van der Waals surface area (Å²) in [7, 11) is 3.04. The molecule has 8 nitrogen and oxygen atoms in total. The Kier molecular flexibility index (Phi) is 9.74. The summed E-state index contributed by atoms with van der Waals surface area (Å²) in [6, 6.07) is 4.64. The Bertz CT molecular complexity index is 649. The van der Waals surface area contributed by atoms with Gasteiger partial charge in [0.25, 0.3) is 0 Å². The molecule has 0 unspecified atom stereocenters. The predicted molar refractivity (Wildman–Crippen MR) is 110 cm³/mol. The topological polar surface area (TPSA) is 120 Å². The Morgan fingerprint density at radius 3 is 2.00 bits per heavy atom. The van der Waals surface area contributed by atoms with Crippen molar-refractivity contribution >= 4 is 12.1 Å². The van der Waals surface area contributed by atoms with E-state index in [2.05, 4.69) is 5.32 Å². The van der Waals surface area contributed by atoms with E-state index in [1.807, 2.05) is 0 Å². The number of benzene rings is 1. The fraction of sp³-hybridized carbons (Fsp3) is 0.619. The first-order chi connectivity index (χ1) is 13.6. The quantitative estimate of drug-likeness (QED) is 0.657. The standard InChI is InChI=1S/C15H21NO6.C6H13N/c1-9(13(17)18)16-14(19)22-15(2,3)10-6-11(20-4)8-12(7-10)21-5;7-6-4-2-1-3-5-6/h6-9H,1-5H3,(H,16,19)(H,17,18);6H,1-5,7H2/t9-;/m0./s1. The molecular formula is C21H34N2O6. The molecule has 164 valence electrons. The highest BCUT2D eigenvalue weighted by atomic mass is 16.6. The van der Waals surface area contributed by atoms with Crippen molar-refractivity contribution in [1.29, 1.82) is 0 Å². The Hall–Kier alpha value is -2.48. The van der Waals surface area contributed by atoms with E-state index in [-0.39, 0.29) is 0 Å².